The number of nitrogens with zero attached hydrogens (tertiary/aromatic N) is 2. The molecule has 1 saturated carbocycles. The van der Waals surface area contributed by atoms with E-state index < -0.39 is 0 Å². The Hall–Kier alpha value is -1.51. The minimum absolute atomic E-state index is 0.264. The number of hydrogen-bond acceptors (Lipinski definition) is 4. The van der Waals surface area contributed by atoms with E-state index in [1.807, 2.05) is 17.6 Å². The van der Waals surface area contributed by atoms with Gasteiger partial charge in [0, 0.05) is 0 Å². The zero-order chi connectivity index (χ0) is 10.3. The van der Waals surface area contributed by atoms with E-state index in [0.717, 1.165) is 28.6 Å². The van der Waals surface area contributed by atoms with Gasteiger partial charge in [-0.2, -0.15) is 4.99 Å². The van der Waals surface area contributed by atoms with Crippen LogP contribution >= 0.6 is 11.3 Å². The Kier molecular flexibility index (Phi) is 1.75. The molecule has 2 aromatic rings. The second-order valence-corrected chi connectivity index (χ2v) is 4.66. The summed E-state index contributed by atoms with van der Waals surface area (Å²) in [5, 5.41) is 0. The lowest BCUT2D eigenvalue weighted by Gasteiger charge is -2.06. The average molecular weight is 216 g/mol. The highest BCUT2D eigenvalue weighted by atomic mass is 32.1. The normalized spacial score (nSPS) is 17.3. The van der Waals surface area contributed by atoms with Crippen molar-refractivity contribution in [3.8, 4) is 0 Å². The highest BCUT2D eigenvalue weighted by Gasteiger charge is 2.44. The quantitative estimate of drug-likeness (QED) is 0.572. The Balaban J connectivity index is 2.15. The maximum atomic E-state index is 10.3. The van der Waals surface area contributed by atoms with Crippen molar-refractivity contribution in [1.29, 1.82) is 0 Å². The third-order valence-corrected chi connectivity index (χ3v) is 3.64. The molecule has 0 bridgehead atoms. The third kappa shape index (κ3) is 1.30. The van der Waals surface area contributed by atoms with Gasteiger partial charge in [0.05, 0.1) is 21.3 Å². The molecule has 1 fully saturated rings. The summed E-state index contributed by atoms with van der Waals surface area (Å²) in [7, 11) is 0. The Labute approximate surface area is 90.5 Å². The maximum Gasteiger partial charge on any atom is 0.235 e. The number of isocyanates is 1. The van der Waals surface area contributed by atoms with Gasteiger partial charge in [-0.25, -0.2) is 9.78 Å². The van der Waals surface area contributed by atoms with Crippen molar-refractivity contribution in [2.75, 3.05) is 0 Å². The van der Waals surface area contributed by atoms with Crippen LogP contribution in [0.15, 0.2) is 28.7 Å². The van der Waals surface area contributed by atoms with Crippen LogP contribution in [-0.2, 0) is 10.3 Å². The van der Waals surface area contributed by atoms with Gasteiger partial charge >= 0.3 is 0 Å². The topological polar surface area (TPSA) is 42.3 Å². The number of hydrogen-bond donors (Lipinski definition) is 0. The molecule has 1 aromatic carbocycles. The van der Waals surface area contributed by atoms with E-state index in [-0.39, 0.29) is 5.54 Å². The lowest BCUT2D eigenvalue weighted by Crippen LogP contribution is -2.01. The monoisotopic (exact) mass is 216 g/mol. The van der Waals surface area contributed by atoms with E-state index in [1.165, 1.54) is 0 Å². The van der Waals surface area contributed by atoms with Crippen molar-refractivity contribution < 1.29 is 4.79 Å². The fourth-order valence-electron chi connectivity index (χ4n) is 1.82. The van der Waals surface area contributed by atoms with Crippen molar-refractivity contribution in [1.82, 2.24) is 4.98 Å². The molecule has 4 heteroatoms. The SMILES string of the molecule is O=C=NC1(c2ccc3ncsc3c2)CC1. The first-order valence-corrected chi connectivity index (χ1v) is 5.65. The highest BCUT2D eigenvalue weighted by Crippen LogP contribution is 2.49. The molecule has 1 aromatic heterocycles. The van der Waals surface area contributed by atoms with E-state index in [4.69, 9.17) is 0 Å². The molecule has 0 spiro atoms. The predicted molar refractivity (Wildman–Crippen MR) is 58.7 cm³/mol. The van der Waals surface area contributed by atoms with Crippen molar-refractivity contribution in [2.45, 2.75) is 18.4 Å². The second kappa shape index (κ2) is 2.99. The summed E-state index contributed by atoms with van der Waals surface area (Å²) in [6.45, 7) is 0. The summed E-state index contributed by atoms with van der Waals surface area (Å²) in [4.78, 5) is 18.5. The Morgan fingerprint density at radius 3 is 3.07 bits per heavy atom. The molecule has 0 aliphatic heterocycles. The number of fused-ring (bicyclic) bond motifs is 1. The molecule has 15 heavy (non-hydrogen) atoms. The summed E-state index contributed by atoms with van der Waals surface area (Å²) < 4.78 is 1.15. The summed E-state index contributed by atoms with van der Waals surface area (Å²) in [6.07, 6.45) is 3.58. The number of aliphatic imine (C=N–C) groups is 1. The largest absolute Gasteiger partial charge is 0.245 e. The molecular formula is C11H8N2OS. The fourth-order valence-corrected chi connectivity index (χ4v) is 2.53. The molecule has 74 valence electrons. The first kappa shape index (κ1) is 8.77. The lowest BCUT2D eigenvalue weighted by molar-refractivity contribution is 0.556. The summed E-state index contributed by atoms with van der Waals surface area (Å²) in [5.74, 6) is 0. The molecule has 0 unspecified atom stereocenters. The minimum Gasteiger partial charge on any atom is -0.245 e. The molecule has 0 radical (unpaired) electrons. The van der Waals surface area contributed by atoms with Gasteiger partial charge in [0.15, 0.2) is 0 Å². The predicted octanol–water partition coefficient (Wildman–Crippen LogP) is 2.62. The molecule has 1 heterocycles. The molecule has 3 nitrogen and oxygen atoms in total. The van der Waals surface area contributed by atoms with E-state index >= 15 is 0 Å². The van der Waals surface area contributed by atoms with Crippen molar-refractivity contribution in [2.24, 2.45) is 4.99 Å². The number of benzene rings is 1. The summed E-state index contributed by atoms with van der Waals surface area (Å²) in [5.41, 5.74) is 3.69. The van der Waals surface area contributed by atoms with Crippen LogP contribution in [0.1, 0.15) is 18.4 Å². The van der Waals surface area contributed by atoms with Crippen LogP contribution in [0.4, 0.5) is 0 Å². The van der Waals surface area contributed by atoms with Crippen molar-refractivity contribution in [3.05, 3.63) is 29.3 Å². The maximum absolute atomic E-state index is 10.3. The standard InChI is InChI=1S/C11H8N2OS/c14-6-13-11(3-4-11)8-1-2-9-10(5-8)15-7-12-9/h1-2,5,7H,3-4H2. The van der Waals surface area contributed by atoms with E-state index in [0.29, 0.717) is 0 Å². The molecule has 0 amide bonds. The van der Waals surface area contributed by atoms with E-state index in [9.17, 15) is 4.79 Å². The van der Waals surface area contributed by atoms with Crippen LogP contribution in [-0.4, -0.2) is 11.1 Å². The first-order chi connectivity index (χ1) is 7.34. The third-order valence-electron chi connectivity index (χ3n) is 2.85. The van der Waals surface area contributed by atoms with E-state index in [2.05, 4.69) is 16.0 Å². The molecule has 1 aliphatic rings. The zero-order valence-electron chi connectivity index (χ0n) is 7.93. The fraction of sp³-hybridized carbons (Fsp3) is 0.273. The molecule has 0 N–H and O–H groups in total. The smallest absolute Gasteiger partial charge is 0.235 e. The van der Waals surface area contributed by atoms with Gasteiger partial charge in [-0.1, -0.05) is 6.07 Å². The Morgan fingerprint density at radius 1 is 1.47 bits per heavy atom. The Morgan fingerprint density at radius 2 is 2.33 bits per heavy atom. The number of carbonyl (C=O) groups excluding carboxylic acids is 1. The molecular weight excluding hydrogens is 208 g/mol. The van der Waals surface area contributed by atoms with Gasteiger partial charge in [-0.15, -0.1) is 11.3 Å². The molecule has 0 saturated heterocycles. The molecule has 0 atom stereocenters. The minimum atomic E-state index is -0.264. The van der Waals surface area contributed by atoms with Gasteiger partial charge < -0.3 is 0 Å². The van der Waals surface area contributed by atoms with Gasteiger partial charge in [0.25, 0.3) is 0 Å². The van der Waals surface area contributed by atoms with Gasteiger partial charge in [-0.3, -0.25) is 0 Å². The van der Waals surface area contributed by atoms with Gasteiger partial charge in [0.2, 0.25) is 6.08 Å². The van der Waals surface area contributed by atoms with Crippen LogP contribution < -0.4 is 0 Å². The summed E-state index contributed by atoms with van der Waals surface area (Å²) >= 11 is 1.61. The summed E-state index contributed by atoms with van der Waals surface area (Å²) in [6, 6.07) is 6.08. The van der Waals surface area contributed by atoms with Gasteiger partial charge in [-0.05, 0) is 30.5 Å². The second-order valence-electron chi connectivity index (χ2n) is 3.77. The number of rotatable bonds is 2. The Bertz CT molecular complexity index is 565. The molecule has 1 aliphatic carbocycles. The first-order valence-electron chi connectivity index (χ1n) is 4.77. The van der Waals surface area contributed by atoms with Crippen LogP contribution in [0.2, 0.25) is 0 Å². The highest BCUT2D eigenvalue weighted by molar-refractivity contribution is 7.16. The van der Waals surface area contributed by atoms with Crippen LogP contribution in [0, 0.1) is 0 Å². The van der Waals surface area contributed by atoms with Crippen molar-refractivity contribution >= 4 is 27.6 Å². The number of thiazole rings is 1. The average Bonchev–Trinajstić information content (AvgIpc) is 2.89. The molecule has 3 rings (SSSR count). The van der Waals surface area contributed by atoms with Crippen LogP contribution in [0.3, 0.4) is 0 Å². The van der Waals surface area contributed by atoms with Crippen molar-refractivity contribution in [3.63, 3.8) is 0 Å². The number of aromatic nitrogens is 1. The van der Waals surface area contributed by atoms with Crippen LogP contribution in [0.25, 0.3) is 10.2 Å². The van der Waals surface area contributed by atoms with Crippen LogP contribution in [0.5, 0.6) is 0 Å². The zero-order valence-corrected chi connectivity index (χ0v) is 8.75. The lowest BCUT2D eigenvalue weighted by atomic mass is 10.1. The van der Waals surface area contributed by atoms with Gasteiger partial charge in [0.1, 0.15) is 0 Å². The van der Waals surface area contributed by atoms with E-state index in [1.54, 1.807) is 17.4 Å².